The summed E-state index contributed by atoms with van der Waals surface area (Å²) in [7, 11) is 0. The Morgan fingerprint density at radius 1 is 1.42 bits per heavy atom. The van der Waals surface area contributed by atoms with Gasteiger partial charge in [-0.25, -0.2) is 4.79 Å². The molecule has 0 aliphatic carbocycles. The molecule has 0 saturated heterocycles. The molecule has 1 aromatic rings. The van der Waals surface area contributed by atoms with Crippen LogP contribution in [0.5, 0.6) is 0 Å². The van der Waals surface area contributed by atoms with Gasteiger partial charge in [-0.05, 0) is 31.0 Å². The molecule has 6 heteroatoms. The smallest absolute Gasteiger partial charge is 0.319 e. The van der Waals surface area contributed by atoms with Gasteiger partial charge in [-0.15, -0.1) is 0 Å². The van der Waals surface area contributed by atoms with Crippen molar-refractivity contribution < 1.29 is 9.59 Å². The van der Waals surface area contributed by atoms with Crippen molar-refractivity contribution in [3.63, 3.8) is 0 Å². The van der Waals surface area contributed by atoms with Gasteiger partial charge in [0.15, 0.2) is 0 Å². The Kier molecular flexibility index (Phi) is 4.09. The molecule has 0 saturated carbocycles. The number of urea groups is 1. The summed E-state index contributed by atoms with van der Waals surface area (Å²) in [6.45, 7) is 4.60. The Morgan fingerprint density at radius 3 is 2.79 bits per heavy atom. The molecule has 5 nitrogen and oxygen atoms in total. The molecule has 3 amide bonds. The number of halogens is 1. The van der Waals surface area contributed by atoms with Gasteiger partial charge in [-0.2, -0.15) is 0 Å². The zero-order chi connectivity index (χ0) is 14.0. The van der Waals surface area contributed by atoms with Crippen molar-refractivity contribution in [3.8, 4) is 0 Å². The van der Waals surface area contributed by atoms with E-state index in [4.69, 9.17) is 0 Å². The molecule has 2 rings (SSSR count). The Labute approximate surface area is 120 Å². The zero-order valence-electron chi connectivity index (χ0n) is 10.9. The molecule has 0 radical (unpaired) electrons. The number of hydrogen-bond donors (Lipinski definition) is 2. The van der Waals surface area contributed by atoms with Crippen LogP contribution in [0.25, 0.3) is 0 Å². The fourth-order valence-electron chi connectivity index (χ4n) is 2.25. The summed E-state index contributed by atoms with van der Waals surface area (Å²) in [6.07, 6.45) is 0.804. The molecule has 0 unspecified atom stereocenters. The largest absolute Gasteiger partial charge is 0.338 e. The molecular formula is C13H16BrN3O2. The predicted molar refractivity (Wildman–Crippen MR) is 78.6 cm³/mol. The molecule has 0 spiro atoms. The van der Waals surface area contributed by atoms with E-state index in [0.717, 1.165) is 22.1 Å². The van der Waals surface area contributed by atoms with E-state index in [-0.39, 0.29) is 11.9 Å². The van der Waals surface area contributed by atoms with Gasteiger partial charge in [0.05, 0.1) is 11.4 Å². The molecule has 0 fully saturated rings. The van der Waals surface area contributed by atoms with Crippen molar-refractivity contribution in [2.45, 2.75) is 20.3 Å². The number of amides is 3. The van der Waals surface area contributed by atoms with Crippen molar-refractivity contribution in [1.29, 1.82) is 0 Å². The van der Waals surface area contributed by atoms with Crippen LogP contribution in [-0.4, -0.2) is 25.0 Å². The van der Waals surface area contributed by atoms with E-state index in [1.165, 1.54) is 6.92 Å². The zero-order valence-corrected chi connectivity index (χ0v) is 12.5. The average molecular weight is 326 g/mol. The lowest BCUT2D eigenvalue weighted by Crippen LogP contribution is -2.30. The first-order valence-electron chi connectivity index (χ1n) is 6.18. The van der Waals surface area contributed by atoms with Gasteiger partial charge in [0, 0.05) is 24.5 Å². The highest BCUT2D eigenvalue weighted by atomic mass is 79.9. The van der Waals surface area contributed by atoms with Crippen molar-refractivity contribution in [3.05, 3.63) is 22.2 Å². The predicted octanol–water partition coefficient (Wildman–Crippen LogP) is 2.50. The van der Waals surface area contributed by atoms with E-state index in [2.05, 4.69) is 26.6 Å². The first-order chi connectivity index (χ1) is 9.02. The number of hydrogen-bond acceptors (Lipinski definition) is 2. The highest BCUT2D eigenvalue weighted by molar-refractivity contribution is 9.10. The van der Waals surface area contributed by atoms with Crippen LogP contribution >= 0.6 is 15.9 Å². The summed E-state index contributed by atoms with van der Waals surface area (Å²) < 4.78 is 0.892. The van der Waals surface area contributed by atoms with Crippen LogP contribution in [0.15, 0.2) is 16.6 Å². The van der Waals surface area contributed by atoms with Gasteiger partial charge in [-0.1, -0.05) is 15.9 Å². The van der Waals surface area contributed by atoms with Crippen LogP contribution in [0.1, 0.15) is 19.4 Å². The van der Waals surface area contributed by atoms with E-state index in [9.17, 15) is 9.59 Å². The Hall–Kier alpha value is -1.56. The van der Waals surface area contributed by atoms with E-state index in [1.807, 2.05) is 19.1 Å². The molecule has 1 aliphatic heterocycles. The maximum Gasteiger partial charge on any atom is 0.319 e. The second kappa shape index (κ2) is 5.61. The Bertz CT molecular complexity index is 531. The van der Waals surface area contributed by atoms with Crippen molar-refractivity contribution in [2.75, 3.05) is 23.3 Å². The van der Waals surface area contributed by atoms with E-state index < -0.39 is 0 Å². The lowest BCUT2D eigenvalue weighted by molar-refractivity contribution is -0.116. The lowest BCUT2D eigenvalue weighted by atomic mass is 10.1. The van der Waals surface area contributed by atoms with E-state index in [1.54, 1.807) is 4.90 Å². The van der Waals surface area contributed by atoms with Crippen LogP contribution in [-0.2, 0) is 11.2 Å². The number of fused-ring (bicyclic) bond motifs is 1. The molecule has 102 valence electrons. The summed E-state index contributed by atoms with van der Waals surface area (Å²) in [5.74, 6) is -0.0139. The fourth-order valence-corrected chi connectivity index (χ4v) is 2.75. The first kappa shape index (κ1) is 13.9. The van der Waals surface area contributed by atoms with Gasteiger partial charge in [0.2, 0.25) is 5.91 Å². The molecular weight excluding hydrogens is 310 g/mol. The second-order valence-corrected chi connectivity index (χ2v) is 5.28. The highest BCUT2D eigenvalue weighted by Crippen LogP contribution is 2.38. The van der Waals surface area contributed by atoms with Gasteiger partial charge >= 0.3 is 6.03 Å². The standard InChI is InChI=1S/C13H16BrN3O2/c1-3-15-13(19)16-11-7-10(14)6-9-4-5-17(8(2)18)12(9)11/h6-7H,3-5H2,1-2H3,(H2,15,16,19). The number of carbonyl (C=O) groups excluding carboxylic acids is 2. The van der Waals surface area contributed by atoms with Crippen molar-refractivity contribution in [1.82, 2.24) is 5.32 Å². The minimum absolute atomic E-state index is 0.0139. The van der Waals surface area contributed by atoms with Crippen LogP contribution in [0.2, 0.25) is 0 Å². The van der Waals surface area contributed by atoms with Gasteiger partial charge in [0.1, 0.15) is 0 Å². The van der Waals surface area contributed by atoms with Crippen LogP contribution in [0, 0.1) is 0 Å². The summed E-state index contributed by atoms with van der Waals surface area (Å²) in [5, 5.41) is 5.47. The third-order valence-corrected chi connectivity index (χ3v) is 3.45. The molecule has 0 atom stereocenters. The maximum absolute atomic E-state index is 11.7. The lowest BCUT2D eigenvalue weighted by Gasteiger charge is -2.19. The number of benzene rings is 1. The third-order valence-electron chi connectivity index (χ3n) is 2.99. The number of nitrogens with zero attached hydrogens (tertiary/aromatic N) is 1. The highest BCUT2D eigenvalue weighted by Gasteiger charge is 2.26. The summed E-state index contributed by atoms with van der Waals surface area (Å²) >= 11 is 3.43. The molecule has 19 heavy (non-hydrogen) atoms. The first-order valence-corrected chi connectivity index (χ1v) is 6.97. The minimum Gasteiger partial charge on any atom is -0.338 e. The summed E-state index contributed by atoms with van der Waals surface area (Å²) in [5.41, 5.74) is 2.53. The summed E-state index contributed by atoms with van der Waals surface area (Å²) in [6, 6.07) is 3.54. The normalized spacial score (nSPS) is 13.1. The summed E-state index contributed by atoms with van der Waals surface area (Å²) in [4.78, 5) is 25.0. The third kappa shape index (κ3) is 2.89. The van der Waals surface area contributed by atoms with Crippen molar-refractivity contribution >= 4 is 39.2 Å². The van der Waals surface area contributed by atoms with Crippen LogP contribution in [0.4, 0.5) is 16.2 Å². The minimum atomic E-state index is -0.266. The number of carbonyl (C=O) groups is 2. The van der Waals surface area contributed by atoms with Gasteiger partial charge < -0.3 is 15.5 Å². The molecule has 0 bridgehead atoms. The van der Waals surface area contributed by atoms with E-state index >= 15 is 0 Å². The van der Waals surface area contributed by atoms with E-state index in [0.29, 0.717) is 18.8 Å². The second-order valence-electron chi connectivity index (χ2n) is 4.37. The van der Waals surface area contributed by atoms with Crippen LogP contribution in [0.3, 0.4) is 0 Å². The number of nitrogens with one attached hydrogen (secondary N) is 2. The fraction of sp³-hybridized carbons (Fsp3) is 0.385. The maximum atomic E-state index is 11.7. The Balaban J connectivity index is 2.38. The topological polar surface area (TPSA) is 61.4 Å². The van der Waals surface area contributed by atoms with Gasteiger partial charge in [-0.3, -0.25) is 4.79 Å². The monoisotopic (exact) mass is 325 g/mol. The molecule has 2 N–H and O–H groups in total. The quantitative estimate of drug-likeness (QED) is 0.877. The average Bonchev–Trinajstić information content (AvgIpc) is 2.72. The van der Waals surface area contributed by atoms with Crippen molar-refractivity contribution in [2.24, 2.45) is 0 Å². The molecule has 1 aromatic carbocycles. The molecule has 0 aromatic heterocycles. The number of rotatable bonds is 2. The SMILES string of the molecule is CCNC(=O)Nc1cc(Br)cc2c1N(C(C)=O)CC2. The van der Waals surface area contributed by atoms with Crippen LogP contribution < -0.4 is 15.5 Å². The number of anilines is 2. The Morgan fingerprint density at radius 2 is 2.16 bits per heavy atom. The van der Waals surface area contributed by atoms with Gasteiger partial charge in [0.25, 0.3) is 0 Å². The molecule has 1 heterocycles. The molecule has 1 aliphatic rings.